The van der Waals surface area contributed by atoms with Gasteiger partial charge in [-0.15, -0.1) is 0 Å². The van der Waals surface area contributed by atoms with Gasteiger partial charge in [-0.1, -0.05) is 19.8 Å². The lowest BCUT2D eigenvalue weighted by Crippen LogP contribution is -2.40. The quantitative estimate of drug-likeness (QED) is 0.850. The van der Waals surface area contributed by atoms with E-state index in [2.05, 4.69) is 16.9 Å². The van der Waals surface area contributed by atoms with Crippen molar-refractivity contribution in [2.45, 2.75) is 51.0 Å². The third kappa shape index (κ3) is 2.40. The lowest BCUT2D eigenvalue weighted by Gasteiger charge is -2.37. The van der Waals surface area contributed by atoms with Crippen LogP contribution in [0.1, 0.15) is 51.0 Å². The van der Waals surface area contributed by atoms with E-state index in [0.717, 1.165) is 24.3 Å². The summed E-state index contributed by atoms with van der Waals surface area (Å²) in [5, 5.41) is 0. The summed E-state index contributed by atoms with van der Waals surface area (Å²) in [6.07, 6.45) is 12.6. The molecule has 3 nitrogen and oxygen atoms in total. The van der Waals surface area contributed by atoms with Crippen LogP contribution in [0, 0.1) is 5.92 Å². The van der Waals surface area contributed by atoms with E-state index < -0.39 is 0 Å². The topological polar surface area (TPSA) is 51.8 Å². The van der Waals surface area contributed by atoms with Gasteiger partial charge in [-0.05, 0) is 31.6 Å². The monoisotopic (exact) mass is 219 g/mol. The first-order valence-corrected chi connectivity index (χ1v) is 6.29. The van der Waals surface area contributed by atoms with Crippen LogP contribution in [0.15, 0.2) is 18.7 Å². The molecule has 0 atom stereocenters. The summed E-state index contributed by atoms with van der Waals surface area (Å²) in [7, 11) is 0. The van der Waals surface area contributed by atoms with Gasteiger partial charge in [0.2, 0.25) is 0 Å². The Balaban J connectivity index is 2.01. The Bertz CT molecular complexity index is 315. The molecule has 88 valence electrons. The highest BCUT2D eigenvalue weighted by molar-refractivity contribution is 5.17. The second kappa shape index (κ2) is 4.91. The van der Waals surface area contributed by atoms with E-state index in [4.69, 9.17) is 5.73 Å². The molecule has 1 aliphatic rings. The molecule has 0 bridgehead atoms. The largest absolute Gasteiger partial charge is 0.321 e. The van der Waals surface area contributed by atoms with Crippen LogP contribution in [0.3, 0.4) is 0 Å². The lowest BCUT2D eigenvalue weighted by atomic mass is 9.73. The van der Waals surface area contributed by atoms with Gasteiger partial charge in [-0.2, -0.15) is 0 Å². The van der Waals surface area contributed by atoms with E-state index in [-0.39, 0.29) is 5.54 Å². The number of rotatable bonds is 3. The molecule has 0 amide bonds. The minimum atomic E-state index is -0.175. The molecule has 16 heavy (non-hydrogen) atoms. The van der Waals surface area contributed by atoms with Crippen molar-refractivity contribution in [1.82, 2.24) is 9.97 Å². The maximum atomic E-state index is 6.46. The Labute approximate surface area is 97.5 Å². The summed E-state index contributed by atoms with van der Waals surface area (Å²) in [5.74, 6) is 0.881. The number of aromatic nitrogens is 2. The van der Waals surface area contributed by atoms with Crippen LogP contribution < -0.4 is 5.73 Å². The van der Waals surface area contributed by atoms with Gasteiger partial charge in [0.25, 0.3) is 0 Å². The Kier molecular flexibility index (Phi) is 3.54. The van der Waals surface area contributed by atoms with Crippen molar-refractivity contribution in [3.63, 3.8) is 0 Å². The number of nitrogens with zero attached hydrogens (tertiary/aromatic N) is 2. The van der Waals surface area contributed by atoms with Gasteiger partial charge in [0.15, 0.2) is 0 Å². The number of hydrogen-bond acceptors (Lipinski definition) is 3. The fourth-order valence-electron chi connectivity index (χ4n) is 2.73. The molecule has 0 aliphatic heterocycles. The molecule has 1 aromatic heterocycles. The van der Waals surface area contributed by atoms with Crippen LogP contribution in [0.5, 0.6) is 0 Å². The van der Waals surface area contributed by atoms with Crippen LogP contribution in [0.4, 0.5) is 0 Å². The minimum absolute atomic E-state index is 0.175. The number of hydrogen-bond donors (Lipinski definition) is 1. The molecule has 2 N–H and O–H groups in total. The molecule has 0 saturated heterocycles. The Morgan fingerprint density at radius 1 is 1.31 bits per heavy atom. The van der Waals surface area contributed by atoms with E-state index in [0.29, 0.717) is 0 Å². The maximum absolute atomic E-state index is 6.46. The van der Waals surface area contributed by atoms with Crippen molar-refractivity contribution in [2.24, 2.45) is 11.7 Å². The van der Waals surface area contributed by atoms with Gasteiger partial charge in [0.05, 0.1) is 0 Å². The maximum Gasteiger partial charge on any atom is 0.115 e. The molecule has 1 saturated carbocycles. The first-order chi connectivity index (χ1) is 7.74. The second-order valence-corrected chi connectivity index (χ2v) is 5.02. The van der Waals surface area contributed by atoms with E-state index >= 15 is 0 Å². The highest BCUT2D eigenvalue weighted by Gasteiger charge is 2.33. The van der Waals surface area contributed by atoms with E-state index in [1.54, 1.807) is 6.33 Å². The van der Waals surface area contributed by atoms with Crippen molar-refractivity contribution in [2.75, 3.05) is 0 Å². The lowest BCUT2D eigenvalue weighted by molar-refractivity contribution is 0.225. The molecule has 3 heteroatoms. The summed E-state index contributed by atoms with van der Waals surface area (Å²) >= 11 is 0. The fourth-order valence-corrected chi connectivity index (χ4v) is 2.73. The molecule has 0 unspecified atom stereocenters. The zero-order valence-corrected chi connectivity index (χ0v) is 10.0. The van der Waals surface area contributed by atoms with E-state index in [9.17, 15) is 0 Å². The van der Waals surface area contributed by atoms with Gasteiger partial charge in [0.1, 0.15) is 6.33 Å². The van der Waals surface area contributed by atoms with Crippen LogP contribution in [0.2, 0.25) is 0 Å². The van der Waals surface area contributed by atoms with Gasteiger partial charge in [-0.25, -0.2) is 9.97 Å². The Hall–Kier alpha value is -0.960. The average molecular weight is 219 g/mol. The van der Waals surface area contributed by atoms with Crippen LogP contribution >= 0.6 is 0 Å². The Morgan fingerprint density at radius 2 is 1.94 bits per heavy atom. The molecule has 1 heterocycles. The average Bonchev–Trinajstić information content (AvgIpc) is 2.34. The molecule has 1 aliphatic carbocycles. The van der Waals surface area contributed by atoms with E-state index in [1.165, 1.54) is 25.7 Å². The van der Waals surface area contributed by atoms with Crippen molar-refractivity contribution in [3.05, 3.63) is 24.3 Å². The molecule has 2 rings (SSSR count). The van der Waals surface area contributed by atoms with Crippen molar-refractivity contribution in [3.8, 4) is 0 Å². The summed E-state index contributed by atoms with van der Waals surface area (Å²) in [6, 6.07) is 0. The molecular weight excluding hydrogens is 198 g/mol. The van der Waals surface area contributed by atoms with E-state index in [1.807, 2.05) is 12.4 Å². The predicted octanol–water partition coefficient (Wildman–Crippen LogP) is 2.62. The smallest absolute Gasteiger partial charge is 0.115 e. The SMILES string of the molecule is CCCC1CCC(N)(c2cncnc2)CC1. The summed E-state index contributed by atoms with van der Waals surface area (Å²) in [6.45, 7) is 2.26. The summed E-state index contributed by atoms with van der Waals surface area (Å²) < 4.78 is 0. The standard InChI is InChI=1S/C13H21N3/c1-2-3-11-4-6-13(14,7-5-11)12-8-15-10-16-9-12/h8-11H,2-7,14H2,1H3. The van der Waals surface area contributed by atoms with Crippen LogP contribution in [-0.4, -0.2) is 9.97 Å². The first-order valence-electron chi connectivity index (χ1n) is 6.29. The number of nitrogens with two attached hydrogens (primary N) is 1. The third-order valence-corrected chi connectivity index (χ3v) is 3.83. The predicted molar refractivity (Wildman–Crippen MR) is 64.8 cm³/mol. The highest BCUT2D eigenvalue weighted by Crippen LogP contribution is 2.38. The molecular formula is C13H21N3. The molecule has 0 spiro atoms. The zero-order chi connectivity index (χ0) is 11.4. The Morgan fingerprint density at radius 3 is 2.50 bits per heavy atom. The third-order valence-electron chi connectivity index (χ3n) is 3.83. The van der Waals surface area contributed by atoms with Crippen molar-refractivity contribution < 1.29 is 0 Å². The highest BCUT2D eigenvalue weighted by atomic mass is 14.8. The first kappa shape index (κ1) is 11.5. The summed E-state index contributed by atoms with van der Waals surface area (Å²) in [4.78, 5) is 8.14. The molecule has 0 aromatic carbocycles. The minimum Gasteiger partial charge on any atom is -0.321 e. The molecule has 1 fully saturated rings. The van der Waals surface area contributed by atoms with Gasteiger partial charge >= 0.3 is 0 Å². The van der Waals surface area contributed by atoms with Crippen LogP contribution in [-0.2, 0) is 5.54 Å². The normalized spacial score (nSPS) is 30.2. The van der Waals surface area contributed by atoms with Crippen LogP contribution in [0.25, 0.3) is 0 Å². The second-order valence-electron chi connectivity index (χ2n) is 5.02. The van der Waals surface area contributed by atoms with Crippen molar-refractivity contribution >= 4 is 0 Å². The zero-order valence-electron chi connectivity index (χ0n) is 10.0. The molecule has 0 radical (unpaired) electrons. The van der Waals surface area contributed by atoms with Gasteiger partial charge < -0.3 is 5.73 Å². The molecule has 1 aromatic rings. The van der Waals surface area contributed by atoms with Crippen molar-refractivity contribution in [1.29, 1.82) is 0 Å². The summed E-state index contributed by atoms with van der Waals surface area (Å²) in [5.41, 5.74) is 7.39. The fraction of sp³-hybridized carbons (Fsp3) is 0.692. The van der Waals surface area contributed by atoms with Gasteiger partial charge in [0, 0.05) is 23.5 Å². The van der Waals surface area contributed by atoms with Gasteiger partial charge in [-0.3, -0.25) is 0 Å².